The highest BCUT2D eigenvalue weighted by atomic mass is 127. The summed E-state index contributed by atoms with van der Waals surface area (Å²) >= 11 is 2.08. The fraction of sp³-hybridized carbons (Fsp3) is 0. The predicted molar refractivity (Wildman–Crippen MR) is 79.6 cm³/mol. The summed E-state index contributed by atoms with van der Waals surface area (Å²) in [6.45, 7) is 0. The van der Waals surface area contributed by atoms with Crippen molar-refractivity contribution in [1.29, 1.82) is 0 Å². The zero-order valence-electron chi connectivity index (χ0n) is 9.93. The Morgan fingerprint density at radius 3 is 2.80 bits per heavy atom. The molecule has 1 aromatic heterocycles. The molecule has 0 aliphatic rings. The number of aromatic nitrogens is 2. The van der Waals surface area contributed by atoms with Gasteiger partial charge in [0, 0.05) is 30.0 Å². The van der Waals surface area contributed by atoms with Gasteiger partial charge in [-0.3, -0.25) is 10.1 Å². The van der Waals surface area contributed by atoms with Crippen molar-refractivity contribution in [1.82, 2.24) is 9.78 Å². The lowest BCUT2D eigenvalue weighted by Crippen LogP contribution is -1.99. The largest absolute Gasteiger partial charge is 0.478 e. The number of rotatable bonds is 4. The van der Waals surface area contributed by atoms with Gasteiger partial charge in [-0.15, -0.1) is 0 Å². The fourth-order valence-corrected chi connectivity index (χ4v) is 1.98. The molecule has 0 radical (unpaired) electrons. The third-order valence-electron chi connectivity index (χ3n) is 2.43. The van der Waals surface area contributed by atoms with Gasteiger partial charge in [-0.05, 0) is 34.7 Å². The highest BCUT2D eigenvalue weighted by molar-refractivity contribution is 14.1. The van der Waals surface area contributed by atoms with Crippen LogP contribution < -0.4 is 0 Å². The Morgan fingerprint density at radius 1 is 1.50 bits per heavy atom. The van der Waals surface area contributed by atoms with E-state index in [1.807, 2.05) is 0 Å². The van der Waals surface area contributed by atoms with E-state index < -0.39 is 10.9 Å². The van der Waals surface area contributed by atoms with Gasteiger partial charge in [-0.25, -0.2) is 9.48 Å². The summed E-state index contributed by atoms with van der Waals surface area (Å²) in [5.41, 5.74) is 0.859. The molecule has 8 heteroatoms. The van der Waals surface area contributed by atoms with Gasteiger partial charge in [0.15, 0.2) is 0 Å². The minimum Gasteiger partial charge on any atom is -0.478 e. The Balaban J connectivity index is 2.55. The molecule has 0 spiro atoms. The van der Waals surface area contributed by atoms with Crippen molar-refractivity contribution < 1.29 is 14.8 Å². The lowest BCUT2D eigenvalue weighted by Gasteiger charge is -2.05. The number of non-ortho nitro benzene ring substituents is 1. The second-order valence-electron chi connectivity index (χ2n) is 3.77. The average Bonchev–Trinajstić information content (AvgIpc) is 2.82. The number of nitro benzene ring substituents is 1. The number of hydrogen-bond acceptors (Lipinski definition) is 4. The molecule has 1 N–H and O–H groups in total. The van der Waals surface area contributed by atoms with Gasteiger partial charge in [-0.1, -0.05) is 0 Å². The van der Waals surface area contributed by atoms with Crippen molar-refractivity contribution in [2.75, 3.05) is 0 Å². The van der Waals surface area contributed by atoms with Crippen LogP contribution in [0.25, 0.3) is 11.8 Å². The number of carboxylic acid groups (broad SMARTS) is 1. The molecule has 1 aromatic carbocycles. The van der Waals surface area contributed by atoms with Gasteiger partial charge in [0.05, 0.1) is 20.4 Å². The Labute approximate surface area is 126 Å². The summed E-state index contributed by atoms with van der Waals surface area (Å²) in [5, 5.41) is 23.6. The maximum Gasteiger partial charge on any atom is 0.328 e. The van der Waals surface area contributed by atoms with Gasteiger partial charge in [-0.2, -0.15) is 5.10 Å². The van der Waals surface area contributed by atoms with Gasteiger partial charge < -0.3 is 5.11 Å². The molecule has 0 saturated carbocycles. The number of nitrogens with zero attached hydrogens (tertiary/aromatic N) is 3. The molecular weight excluding hydrogens is 377 g/mol. The molecule has 0 fully saturated rings. The molecule has 0 aliphatic heterocycles. The number of nitro groups is 1. The van der Waals surface area contributed by atoms with E-state index in [9.17, 15) is 14.9 Å². The van der Waals surface area contributed by atoms with E-state index in [1.54, 1.807) is 12.4 Å². The van der Waals surface area contributed by atoms with Crippen LogP contribution in [0, 0.1) is 13.7 Å². The third-order valence-corrected chi connectivity index (χ3v) is 2.98. The number of halogens is 1. The lowest BCUT2D eigenvalue weighted by molar-refractivity contribution is -0.384. The molecule has 2 aromatic rings. The second-order valence-corrected chi connectivity index (χ2v) is 5.02. The Bertz CT molecular complexity index is 708. The maximum absolute atomic E-state index is 10.8. The van der Waals surface area contributed by atoms with Crippen LogP contribution in [0.1, 0.15) is 5.56 Å². The van der Waals surface area contributed by atoms with E-state index in [1.165, 1.54) is 29.0 Å². The summed E-state index contributed by atoms with van der Waals surface area (Å²) < 4.78 is 2.43. The third kappa shape index (κ3) is 3.20. The van der Waals surface area contributed by atoms with E-state index in [0.29, 0.717) is 11.3 Å². The van der Waals surface area contributed by atoms with Crippen molar-refractivity contribution in [3.8, 4) is 5.69 Å². The molecule has 0 bridgehead atoms. The Morgan fingerprint density at radius 2 is 2.25 bits per heavy atom. The molecular formula is C12H8IN3O4. The molecule has 2 rings (SSSR count). The summed E-state index contributed by atoms with van der Waals surface area (Å²) in [6, 6.07) is 4.19. The predicted octanol–water partition coefficient (Wildman–Crippen LogP) is 2.48. The van der Waals surface area contributed by atoms with Crippen LogP contribution in [-0.2, 0) is 4.79 Å². The van der Waals surface area contributed by atoms with Gasteiger partial charge in [0.2, 0.25) is 0 Å². The number of carboxylic acids is 1. The van der Waals surface area contributed by atoms with E-state index in [0.717, 1.165) is 9.65 Å². The van der Waals surface area contributed by atoms with Crippen molar-refractivity contribution in [3.63, 3.8) is 0 Å². The number of benzene rings is 1. The summed E-state index contributed by atoms with van der Waals surface area (Å²) in [4.78, 5) is 20.9. The zero-order chi connectivity index (χ0) is 14.7. The minimum atomic E-state index is -1.13. The smallest absolute Gasteiger partial charge is 0.328 e. The van der Waals surface area contributed by atoms with E-state index in [-0.39, 0.29) is 5.69 Å². The van der Waals surface area contributed by atoms with Crippen molar-refractivity contribution in [2.45, 2.75) is 0 Å². The highest BCUT2D eigenvalue weighted by Crippen LogP contribution is 2.22. The molecule has 102 valence electrons. The average molecular weight is 385 g/mol. The van der Waals surface area contributed by atoms with Crippen molar-refractivity contribution in [2.24, 2.45) is 0 Å². The SMILES string of the molecule is O=C(O)C=Cc1cc([N+](=O)[O-])ccc1-n1cc(I)cn1. The van der Waals surface area contributed by atoms with Gasteiger partial charge >= 0.3 is 5.97 Å². The molecule has 20 heavy (non-hydrogen) atoms. The first-order valence-corrected chi connectivity index (χ1v) is 6.45. The molecule has 0 amide bonds. The lowest BCUT2D eigenvalue weighted by atomic mass is 10.1. The van der Waals surface area contributed by atoms with E-state index in [2.05, 4.69) is 27.7 Å². The summed E-state index contributed by atoms with van der Waals surface area (Å²) in [7, 11) is 0. The topological polar surface area (TPSA) is 98.3 Å². The minimum absolute atomic E-state index is 0.111. The first-order valence-electron chi connectivity index (χ1n) is 5.37. The van der Waals surface area contributed by atoms with Crippen LogP contribution in [-0.4, -0.2) is 25.8 Å². The molecule has 0 unspecified atom stereocenters. The number of aliphatic carboxylic acids is 1. The Kier molecular flexibility index (Phi) is 4.13. The van der Waals surface area contributed by atoms with E-state index >= 15 is 0 Å². The first kappa shape index (κ1) is 14.2. The molecule has 0 atom stereocenters. The van der Waals surface area contributed by atoms with Gasteiger partial charge in [0.1, 0.15) is 0 Å². The van der Waals surface area contributed by atoms with Crippen LogP contribution >= 0.6 is 22.6 Å². The first-order chi connectivity index (χ1) is 9.47. The van der Waals surface area contributed by atoms with E-state index in [4.69, 9.17) is 5.11 Å². The highest BCUT2D eigenvalue weighted by Gasteiger charge is 2.11. The summed E-state index contributed by atoms with van der Waals surface area (Å²) in [5.74, 6) is -1.13. The van der Waals surface area contributed by atoms with Crippen LogP contribution in [0.3, 0.4) is 0 Å². The monoisotopic (exact) mass is 385 g/mol. The van der Waals surface area contributed by atoms with Gasteiger partial charge in [0.25, 0.3) is 5.69 Å². The van der Waals surface area contributed by atoms with Crippen LogP contribution in [0.4, 0.5) is 5.69 Å². The van der Waals surface area contributed by atoms with Crippen LogP contribution in [0.15, 0.2) is 36.7 Å². The maximum atomic E-state index is 10.8. The molecule has 1 heterocycles. The standard InChI is InChI=1S/C12H8IN3O4/c13-9-6-14-15(7-9)11-3-2-10(16(19)20)5-8(11)1-4-12(17)18/h1-7H,(H,17,18). The molecule has 0 saturated heterocycles. The second kappa shape index (κ2) is 5.82. The normalized spacial score (nSPS) is 10.8. The Hall–Kier alpha value is -2.23. The van der Waals surface area contributed by atoms with Crippen LogP contribution in [0.2, 0.25) is 0 Å². The zero-order valence-corrected chi connectivity index (χ0v) is 12.1. The fourth-order valence-electron chi connectivity index (χ4n) is 1.59. The van der Waals surface area contributed by atoms with Crippen LogP contribution in [0.5, 0.6) is 0 Å². The number of carbonyl (C=O) groups is 1. The quantitative estimate of drug-likeness (QED) is 0.378. The molecule has 0 aliphatic carbocycles. The number of hydrogen-bond donors (Lipinski definition) is 1. The summed E-state index contributed by atoms with van der Waals surface area (Å²) in [6.07, 6.45) is 5.60. The van der Waals surface area contributed by atoms with Crippen molar-refractivity contribution >= 4 is 40.3 Å². The van der Waals surface area contributed by atoms with Crippen molar-refractivity contribution in [3.05, 3.63) is 55.9 Å². The molecule has 7 nitrogen and oxygen atoms in total.